The molecule has 0 aromatic heterocycles. The van der Waals surface area contributed by atoms with Gasteiger partial charge in [-0.3, -0.25) is 13.9 Å². The zero-order valence-electron chi connectivity index (χ0n) is 20.7. The lowest BCUT2D eigenvalue weighted by atomic mass is 10.1. The normalized spacial score (nSPS) is 12.7. The van der Waals surface area contributed by atoms with Crippen LogP contribution in [0.5, 0.6) is 0 Å². The van der Waals surface area contributed by atoms with E-state index >= 15 is 0 Å². The van der Waals surface area contributed by atoms with Gasteiger partial charge in [-0.05, 0) is 63.9 Å². The van der Waals surface area contributed by atoms with Crippen molar-refractivity contribution >= 4 is 43.5 Å². The van der Waals surface area contributed by atoms with Crippen LogP contribution >= 0.6 is 15.9 Å². The SMILES string of the molecule is C[C@H](C(=O)NC(C)(C)C)N(Cc1ccc(Br)cc1)C(=O)CCCN(c1ccccc1F)S(C)(=O)=O. The first-order valence-electron chi connectivity index (χ1n) is 11.3. The maximum atomic E-state index is 14.3. The van der Waals surface area contributed by atoms with Crippen LogP contribution in [0.3, 0.4) is 0 Å². The number of sulfonamides is 1. The fourth-order valence-electron chi connectivity index (χ4n) is 3.48. The molecule has 10 heteroatoms. The fourth-order valence-corrected chi connectivity index (χ4v) is 4.71. The predicted molar refractivity (Wildman–Crippen MR) is 140 cm³/mol. The topological polar surface area (TPSA) is 86.8 Å². The number of amides is 2. The van der Waals surface area contributed by atoms with Gasteiger partial charge in [-0.1, -0.05) is 40.2 Å². The van der Waals surface area contributed by atoms with Gasteiger partial charge in [-0.25, -0.2) is 12.8 Å². The molecule has 0 saturated carbocycles. The molecular weight excluding hydrogens is 537 g/mol. The molecule has 1 atom stereocenters. The third kappa shape index (κ3) is 8.92. The van der Waals surface area contributed by atoms with Crippen molar-refractivity contribution in [2.45, 2.75) is 58.7 Å². The summed E-state index contributed by atoms with van der Waals surface area (Å²) in [5.74, 6) is -1.24. The van der Waals surface area contributed by atoms with Gasteiger partial charge < -0.3 is 10.2 Å². The number of rotatable bonds is 10. The number of nitrogens with zero attached hydrogens (tertiary/aromatic N) is 2. The first kappa shape index (κ1) is 28.8. The Hall–Kier alpha value is -2.46. The van der Waals surface area contributed by atoms with E-state index in [0.29, 0.717) is 0 Å². The highest BCUT2D eigenvalue weighted by Crippen LogP contribution is 2.22. The summed E-state index contributed by atoms with van der Waals surface area (Å²) >= 11 is 3.39. The van der Waals surface area contributed by atoms with Crippen molar-refractivity contribution in [3.8, 4) is 0 Å². The van der Waals surface area contributed by atoms with Crippen LogP contribution in [-0.4, -0.2) is 49.5 Å². The summed E-state index contributed by atoms with van der Waals surface area (Å²) in [5, 5.41) is 2.90. The Bertz CT molecular complexity index is 1130. The second-order valence-corrected chi connectivity index (χ2v) is 12.3. The van der Waals surface area contributed by atoms with Gasteiger partial charge in [-0.15, -0.1) is 0 Å². The van der Waals surface area contributed by atoms with E-state index in [0.717, 1.165) is 20.6 Å². The zero-order chi connectivity index (χ0) is 26.4. The van der Waals surface area contributed by atoms with E-state index in [9.17, 15) is 22.4 Å². The summed E-state index contributed by atoms with van der Waals surface area (Å²) in [4.78, 5) is 27.6. The lowest BCUT2D eigenvalue weighted by Crippen LogP contribution is -2.52. The van der Waals surface area contributed by atoms with Crippen molar-refractivity contribution in [2.75, 3.05) is 17.1 Å². The molecule has 2 aromatic rings. The van der Waals surface area contributed by atoms with Crippen LogP contribution in [0.15, 0.2) is 53.0 Å². The van der Waals surface area contributed by atoms with Crippen LogP contribution in [0.4, 0.5) is 10.1 Å². The lowest BCUT2D eigenvalue weighted by molar-refractivity contribution is -0.141. The highest BCUT2D eigenvalue weighted by molar-refractivity contribution is 9.10. The summed E-state index contributed by atoms with van der Waals surface area (Å²) < 4.78 is 40.7. The number of halogens is 2. The van der Waals surface area contributed by atoms with Crippen LogP contribution in [0.25, 0.3) is 0 Å². The molecule has 1 N–H and O–H groups in total. The Kier molecular flexibility index (Phi) is 9.85. The fraction of sp³-hybridized carbons (Fsp3) is 0.440. The smallest absolute Gasteiger partial charge is 0.242 e. The highest BCUT2D eigenvalue weighted by atomic mass is 79.9. The Balaban J connectivity index is 2.19. The van der Waals surface area contributed by atoms with E-state index in [1.165, 1.54) is 23.1 Å². The average Bonchev–Trinajstić information content (AvgIpc) is 2.74. The number of hydrogen-bond donors (Lipinski definition) is 1. The van der Waals surface area contributed by atoms with E-state index in [2.05, 4.69) is 21.2 Å². The molecule has 0 aliphatic heterocycles. The summed E-state index contributed by atoms with van der Waals surface area (Å²) in [6.07, 6.45) is 1.15. The molecule has 2 amide bonds. The Morgan fingerprint density at radius 2 is 1.69 bits per heavy atom. The highest BCUT2D eigenvalue weighted by Gasteiger charge is 2.29. The van der Waals surface area contributed by atoms with Crippen molar-refractivity contribution in [3.05, 3.63) is 64.4 Å². The summed E-state index contributed by atoms with van der Waals surface area (Å²) in [6, 6.07) is 12.3. The zero-order valence-corrected chi connectivity index (χ0v) is 23.1. The predicted octanol–water partition coefficient (Wildman–Crippen LogP) is 4.47. The monoisotopic (exact) mass is 569 g/mol. The summed E-state index contributed by atoms with van der Waals surface area (Å²) in [7, 11) is -3.76. The number of carbonyl (C=O) groups excluding carboxylic acids is 2. The van der Waals surface area contributed by atoms with Crippen molar-refractivity contribution in [1.82, 2.24) is 10.2 Å². The van der Waals surface area contributed by atoms with Gasteiger partial charge >= 0.3 is 0 Å². The van der Waals surface area contributed by atoms with Crippen molar-refractivity contribution in [3.63, 3.8) is 0 Å². The molecule has 35 heavy (non-hydrogen) atoms. The largest absolute Gasteiger partial charge is 0.350 e. The molecule has 0 radical (unpaired) electrons. The first-order valence-corrected chi connectivity index (χ1v) is 13.9. The second-order valence-electron chi connectivity index (χ2n) is 9.45. The lowest BCUT2D eigenvalue weighted by Gasteiger charge is -2.32. The van der Waals surface area contributed by atoms with E-state index in [1.54, 1.807) is 13.0 Å². The number of anilines is 1. The van der Waals surface area contributed by atoms with Crippen molar-refractivity contribution in [1.29, 1.82) is 0 Å². The van der Waals surface area contributed by atoms with Crippen molar-refractivity contribution < 1.29 is 22.4 Å². The van der Waals surface area contributed by atoms with Gasteiger partial charge in [0.15, 0.2) is 0 Å². The number of nitrogens with one attached hydrogen (secondary N) is 1. The van der Waals surface area contributed by atoms with Crippen LogP contribution in [-0.2, 0) is 26.2 Å². The van der Waals surface area contributed by atoms with Gasteiger partial charge in [0, 0.05) is 29.5 Å². The molecule has 0 bridgehead atoms. The molecule has 0 saturated heterocycles. The Morgan fingerprint density at radius 1 is 1.09 bits per heavy atom. The second kappa shape index (κ2) is 12.0. The number of hydrogen-bond acceptors (Lipinski definition) is 4. The standard InChI is InChI=1S/C25H33BrFN3O4S/c1-18(24(32)28-25(2,3)4)29(17-19-12-14-20(26)15-13-19)23(31)11-8-16-30(35(5,33)34)22-10-7-6-9-21(22)27/h6-7,9-10,12-15,18H,8,11,16-17H2,1-5H3,(H,28,32)/t18-/m1/s1. The van der Waals surface area contributed by atoms with Gasteiger partial charge in [-0.2, -0.15) is 0 Å². The van der Waals surface area contributed by atoms with Crippen LogP contribution in [0.2, 0.25) is 0 Å². The Labute approximate surface area is 215 Å². The molecule has 0 aliphatic carbocycles. The number of benzene rings is 2. The first-order chi connectivity index (χ1) is 16.2. The molecule has 0 heterocycles. The van der Waals surface area contributed by atoms with E-state index in [4.69, 9.17) is 0 Å². The van der Waals surface area contributed by atoms with Crippen LogP contribution < -0.4 is 9.62 Å². The van der Waals surface area contributed by atoms with Crippen molar-refractivity contribution in [2.24, 2.45) is 0 Å². The third-order valence-electron chi connectivity index (χ3n) is 5.20. The van der Waals surface area contributed by atoms with E-state index in [1.807, 2.05) is 45.0 Å². The number of para-hydroxylation sites is 1. The maximum absolute atomic E-state index is 14.3. The molecule has 2 rings (SSSR count). The van der Waals surface area contributed by atoms with Gasteiger partial charge in [0.2, 0.25) is 21.8 Å². The van der Waals surface area contributed by atoms with Crippen LogP contribution in [0, 0.1) is 5.82 Å². The number of carbonyl (C=O) groups is 2. The third-order valence-corrected chi connectivity index (χ3v) is 6.91. The average molecular weight is 571 g/mol. The molecule has 0 spiro atoms. The molecule has 0 aliphatic rings. The Morgan fingerprint density at radius 3 is 2.23 bits per heavy atom. The van der Waals surface area contributed by atoms with Gasteiger partial charge in [0.05, 0.1) is 11.9 Å². The molecule has 0 fully saturated rings. The minimum absolute atomic E-state index is 0.00978. The van der Waals surface area contributed by atoms with E-state index < -0.39 is 27.4 Å². The molecule has 0 unspecified atom stereocenters. The summed E-state index contributed by atoms with van der Waals surface area (Å²) in [5.41, 5.74) is 0.320. The minimum Gasteiger partial charge on any atom is -0.350 e. The maximum Gasteiger partial charge on any atom is 0.242 e. The van der Waals surface area contributed by atoms with E-state index in [-0.39, 0.29) is 43.4 Å². The van der Waals surface area contributed by atoms with Gasteiger partial charge in [0.1, 0.15) is 11.9 Å². The molecule has 7 nitrogen and oxygen atoms in total. The molecular formula is C25H33BrFN3O4S. The quantitative estimate of drug-likeness (QED) is 0.457. The molecule has 2 aromatic carbocycles. The van der Waals surface area contributed by atoms with Gasteiger partial charge in [0.25, 0.3) is 0 Å². The molecule has 192 valence electrons. The minimum atomic E-state index is -3.76. The van der Waals surface area contributed by atoms with Crippen LogP contribution in [0.1, 0.15) is 46.1 Å². The summed E-state index contributed by atoms with van der Waals surface area (Å²) in [6.45, 7) is 7.40.